The minimum atomic E-state index is -0.439. The van der Waals surface area contributed by atoms with Crippen LogP contribution in [-0.2, 0) is 0 Å². The number of fused-ring (bicyclic) bond motifs is 1. The van der Waals surface area contributed by atoms with Crippen molar-refractivity contribution < 1.29 is 5.11 Å². The number of aliphatic hydroxyl groups excluding tert-OH is 1. The van der Waals surface area contributed by atoms with Crippen LogP contribution in [0.2, 0.25) is 0 Å². The Labute approximate surface area is 125 Å². The van der Waals surface area contributed by atoms with Crippen LogP contribution in [0, 0.1) is 0 Å². The van der Waals surface area contributed by atoms with E-state index in [2.05, 4.69) is 49.4 Å². The number of rotatable bonds is 4. The molecular formula is C20H20O. The van der Waals surface area contributed by atoms with E-state index in [1.54, 1.807) is 0 Å². The Morgan fingerprint density at radius 1 is 0.810 bits per heavy atom. The molecule has 0 amide bonds. The standard InChI is InChI=1S/C20H20O/c1-15(16-8-3-2-4-9-16)14-20(21)19-13-7-11-17-10-5-6-12-18(17)19/h2-13,15,20-21H,14H2,1H3. The molecule has 0 saturated carbocycles. The Bertz CT molecular complexity index is 713. The van der Waals surface area contributed by atoms with Gasteiger partial charge in [-0.2, -0.15) is 0 Å². The molecule has 0 aliphatic heterocycles. The molecule has 0 saturated heterocycles. The van der Waals surface area contributed by atoms with Crippen LogP contribution in [-0.4, -0.2) is 5.11 Å². The Hall–Kier alpha value is -2.12. The van der Waals surface area contributed by atoms with E-state index in [0.717, 1.165) is 17.4 Å². The Kier molecular flexibility index (Phi) is 4.03. The van der Waals surface area contributed by atoms with Crippen LogP contribution >= 0.6 is 0 Å². The predicted molar refractivity (Wildman–Crippen MR) is 88.4 cm³/mol. The van der Waals surface area contributed by atoms with Gasteiger partial charge >= 0.3 is 0 Å². The summed E-state index contributed by atoms with van der Waals surface area (Å²) in [6.45, 7) is 2.17. The van der Waals surface area contributed by atoms with Crippen molar-refractivity contribution in [2.75, 3.05) is 0 Å². The van der Waals surface area contributed by atoms with Crippen LogP contribution < -0.4 is 0 Å². The van der Waals surface area contributed by atoms with Crippen molar-refractivity contribution in [1.82, 2.24) is 0 Å². The molecular weight excluding hydrogens is 256 g/mol. The first kappa shape index (κ1) is 13.8. The topological polar surface area (TPSA) is 20.2 Å². The normalized spacial score (nSPS) is 14.0. The van der Waals surface area contributed by atoms with Crippen molar-refractivity contribution in [3.05, 3.63) is 83.9 Å². The highest BCUT2D eigenvalue weighted by atomic mass is 16.3. The molecule has 3 aromatic carbocycles. The zero-order valence-electron chi connectivity index (χ0n) is 12.2. The van der Waals surface area contributed by atoms with Gasteiger partial charge in [-0.3, -0.25) is 0 Å². The summed E-state index contributed by atoms with van der Waals surface area (Å²) < 4.78 is 0. The van der Waals surface area contributed by atoms with Gasteiger partial charge in [0.2, 0.25) is 0 Å². The quantitative estimate of drug-likeness (QED) is 0.705. The molecule has 0 aliphatic carbocycles. The molecule has 106 valence electrons. The van der Waals surface area contributed by atoms with E-state index in [1.165, 1.54) is 10.9 Å². The molecule has 0 aromatic heterocycles. The van der Waals surface area contributed by atoms with Crippen molar-refractivity contribution in [3.63, 3.8) is 0 Å². The van der Waals surface area contributed by atoms with Crippen molar-refractivity contribution in [3.8, 4) is 0 Å². The molecule has 21 heavy (non-hydrogen) atoms. The average Bonchev–Trinajstić information content (AvgIpc) is 2.55. The summed E-state index contributed by atoms with van der Waals surface area (Å²) in [5.41, 5.74) is 2.30. The number of hydrogen-bond donors (Lipinski definition) is 1. The smallest absolute Gasteiger partial charge is 0.0801 e. The van der Waals surface area contributed by atoms with Crippen molar-refractivity contribution in [2.45, 2.75) is 25.4 Å². The molecule has 2 unspecified atom stereocenters. The molecule has 1 heteroatoms. The van der Waals surface area contributed by atoms with Crippen molar-refractivity contribution >= 4 is 10.8 Å². The molecule has 0 radical (unpaired) electrons. The second-order valence-electron chi connectivity index (χ2n) is 5.63. The fourth-order valence-corrected chi connectivity index (χ4v) is 2.92. The number of aliphatic hydroxyl groups is 1. The molecule has 1 nitrogen and oxygen atoms in total. The van der Waals surface area contributed by atoms with Crippen LogP contribution in [0.1, 0.15) is 36.5 Å². The molecule has 0 bridgehead atoms. The Morgan fingerprint density at radius 2 is 1.48 bits per heavy atom. The summed E-state index contributed by atoms with van der Waals surface area (Å²) in [5, 5.41) is 13.0. The van der Waals surface area contributed by atoms with Crippen LogP contribution in [0.4, 0.5) is 0 Å². The second kappa shape index (κ2) is 6.11. The van der Waals surface area contributed by atoms with E-state index >= 15 is 0 Å². The average molecular weight is 276 g/mol. The van der Waals surface area contributed by atoms with Crippen molar-refractivity contribution in [1.29, 1.82) is 0 Å². The largest absolute Gasteiger partial charge is 0.388 e. The van der Waals surface area contributed by atoms with Crippen LogP contribution in [0.25, 0.3) is 10.8 Å². The summed E-state index contributed by atoms with van der Waals surface area (Å²) >= 11 is 0. The van der Waals surface area contributed by atoms with Crippen LogP contribution in [0.5, 0.6) is 0 Å². The maximum Gasteiger partial charge on any atom is 0.0801 e. The summed E-state index contributed by atoms with van der Waals surface area (Å²) in [6.07, 6.45) is 0.296. The lowest BCUT2D eigenvalue weighted by molar-refractivity contribution is 0.161. The minimum absolute atomic E-state index is 0.333. The van der Waals surface area contributed by atoms with Gasteiger partial charge in [-0.05, 0) is 34.2 Å². The molecule has 1 N–H and O–H groups in total. The van der Waals surface area contributed by atoms with Gasteiger partial charge in [0, 0.05) is 0 Å². The highest BCUT2D eigenvalue weighted by molar-refractivity contribution is 5.85. The van der Waals surface area contributed by atoms with Crippen LogP contribution in [0.3, 0.4) is 0 Å². The van der Waals surface area contributed by atoms with Gasteiger partial charge in [0.1, 0.15) is 0 Å². The zero-order valence-corrected chi connectivity index (χ0v) is 12.2. The lowest BCUT2D eigenvalue weighted by atomic mass is 9.90. The first-order valence-corrected chi connectivity index (χ1v) is 7.46. The molecule has 0 aliphatic rings. The summed E-state index contributed by atoms with van der Waals surface area (Å²) in [6, 6.07) is 24.8. The zero-order chi connectivity index (χ0) is 14.7. The summed E-state index contributed by atoms with van der Waals surface area (Å²) in [4.78, 5) is 0. The molecule has 0 heterocycles. The Balaban J connectivity index is 1.86. The fraction of sp³-hybridized carbons (Fsp3) is 0.200. The maximum absolute atomic E-state index is 10.7. The molecule has 3 aromatic rings. The first-order valence-electron chi connectivity index (χ1n) is 7.46. The Morgan fingerprint density at radius 3 is 2.29 bits per heavy atom. The van der Waals surface area contributed by atoms with Crippen LogP contribution in [0.15, 0.2) is 72.8 Å². The van der Waals surface area contributed by atoms with Gasteiger partial charge in [0.15, 0.2) is 0 Å². The minimum Gasteiger partial charge on any atom is -0.388 e. The second-order valence-corrected chi connectivity index (χ2v) is 5.63. The lowest BCUT2D eigenvalue weighted by Crippen LogP contribution is -2.04. The monoisotopic (exact) mass is 276 g/mol. The molecule has 0 fully saturated rings. The fourth-order valence-electron chi connectivity index (χ4n) is 2.92. The third-order valence-corrected chi connectivity index (χ3v) is 4.13. The lowest BCUT2D eigenvalue weighted by Gasteiger charge is -2.18. The van der Waals surface area contributed by atoms with Gasteiger partial charge in [-0.1, -0.05) is 79.7 Å². The maximum atomic E-state index is 10.7. The third-order valence-electron chi connectivity index (χ3n) is 4.13. The van der Waals surface area contributed by atoms with Gasteiger partial charge in [0.25, 0.3) is 0 Å². The van der Waals surface area contributed by atoms with Gasteiger partial charge in [-0.25, -0.2) is 0 Å². The molecule has 3 rings (SSSR count). The first-order chi connectivity index (χ1) is 10.3. The van der Waals surface area contributed by atoms with E-state index in [4.69, 9.17) is 0 Å². The SMILES string of the molecule is CC(CC(O)c1cccc2ccccc12)c1ccccc1. The molecule has 0 spiro atoms. The van der Waals surface area contributed by atoms with E-state index in [-0.39, 0.29) is 0 Å². The molecule has 2 atom stereocenters. The van der Waals surface area contributed by atoms with Gasteiger partial charge < -0.3 is 5.11 Å². The van der Waals surface area contributed by atoms with E-state index in [0.29, 0.717) is 5.92 Å². The highest BCUT2D eigenvalue weighted by Gasteiger charge is 2.15. The highest BCUT2D eigenvalue weighted by Crippen LogP contribution is 2.31. The van der Waals surface area contributed by atoms with E-state index in [1.807, 2.05) is 30.3 Å². The van der Waals surface area contributed by atoms with E-state index in [9.17, 15) is 5.11 Å². The number of hydrogen-bond acceptors (Lipinski definition) is 1. The van der Waals surface area contributed by atoms with E-state index < -0.39 is 6.10 Å². The third kappa shape index (κ3) is 2.98. The van der Waals surface area contributed by atoms with Crippen molar-refractivity contribution in [2.24, 2.45) is 0 Å². The van der Waals surface area contributed by atoms with Gasteiger partial charge in [0.05, 0.1) is 6.10 Å². The number of benzene rings is 3. The van der Waals surface area contributed by atoms with Gasteiger partial charge in [-0.15, -0.1) is 0 Å². The predicted octanol–water partition coefficient (Wildman–Crippen LogP) is 5.07. The summed E-state index contributed by atoms with van der Waals surface area (Å²) in [7, 11) is 0. The summed E-state index contributed by atoms with van der Waals surface area (Å²) in [5.74, 6) is 0.333.